The Labute approximate surface area is 151 Å². The molecule has 0 aromatic heterocycles. The van der Waals surface area contributed by atoms with Crippen molar-refractivity contribution >= 4 is 5.91 Å². The Morgan fingerprint density at radius 3 is 2.36 bits per heavy atom. The van der Waals surface area contributed by atoms with E-state index in [-0.39, 0.29) is 11.8 Å². The standard InChI is InChI=1S/C20H31N3O2/c1-14-11-23(12-15(2)25-14)13-18-6-4-17(5-7-18)8-22-20(24)16(3)19-9-21-10-19/h4-7,14-16,19,21H,8-13H2,1-3H3,(H,22,24). The molecule has 1 aromatic carbocycles. The number of ether oxygens (including phenoxy) is 1. The van der Waals surface area contributed by atoms with Crippen LogP contribution in [0.5, 0.6) is 0 Å². The summed E-state index contributed by atoms with van der Waals surface area (Å²) in [5, 5.41) is 6.29. The molecule has 2 fully saturated rings. The Kier molecular flexibility index (Phi) is 6.10. The molecule has 5 nitrogen and oxygen atoms in total. The van der Waals surface area contributed by atoms with Gasteiger partial charge in [0.2, 0.25) is 5.91 Å². The first-order chi connectivity index (χ1) is 12.0. The van der Waals surface area contributed by atoms with Crippen molar-refractivity contribution in [3.8, 4) is 0 Å². The number of benzene rings is 1. The number of carbonyl (C=O) groups excluding carboxylic acids is 1. The molecule has 138 valence electrons. The third-order valence-electron chi connectivity index (χ3n) is 5.32. The van der Waals surface area contributed by atoms with Crippen LogP contribution >= 0.6 is 0 Å². The van der Waals surface area contributed by atoms with E-state index in [0.717, 1.165) is 38.3 Å². The van der Waals surface area contributed by atoms with Gasteiger partial charge in [0.1, 0.15) is 0 Å². The fourth-order valence-corrected chi connectivity index (χ4v) is 3.66. The summed E-state index contributed by atoms with van der Waals surface area (Å²) in [5.41, 5.74) is 2.46. The van der Waals surface area contributed by atoms with Gasteiger partial charge in [-0.25, -0.2) is 0 Å². The predicted octanol–water partition coefficient (Wildman–Crippen LogP) is 1.77. The van der Waals surface area contributed by atoms with Crippen LogP contribution in [-0.2, 0) is 22.6 Å². The fourth-order valence-electron chi connectivity index (χ4n) is 3.66. The summed E-state index contributed by atoms with van der Waals surface area (Å²) in [6, 6.07) is 8.59. The van der Waals surface area contributed by atoms with Gasteiger partial charge in [-0.15, -0.1) is 0 Å². The molecule has 0 aliphatic carbocycles. The zero-order valence-corrected chi connectivity index (χ0v) is 15.6. The molecule has 2 aliphatic rings. The quantitative estimate of drug-likeness (QED) is 0.825. The number of nitrogens with one attached hydrogen (secondary N) is 2. The van der Waals surface area contributed by atoms with Gasteiger partial charge >= 0.3 is 0 Å². The van der Waals surface area contributed by atoms with E-state index in [2.05, 4.69) is 53.6 Å². The molecule has 0 bridgehead atoms. The van der Waals surface area contributed by atoms with Gasteiger partial charge in [-0.1, -0.05) is 31.2 Å². The first-order valence-electron chi connectivity index (χ1n) is 9.45. The fraction of sp³-hybridized carbons (Fsp3) is 0.650. The van der Waals surface area contributed by atoms with Crippen LogP contribution in [0.4, 0.5) is 0 Å². The van der Waals surface area contributed by atoms with Crippen LogP contribution in [0.3, 0.4) is 0 Å². The Balaban J connectivity index is 1.46. The molecule has 0 spiro atoms. The Hall–Kier alpha value is -1.43. The van der Waals surface area contributed by atoms with Gasteiger partial charge in [0, 0.05) is 32.1 Å². The number of hydrogen-bond donors (Lipinski definition) is 2. The number of nitrogens with zero attached hydrogens (tertiary/aromatic N) is 1. The molecule has 3 rings (SSSR count). The summed E-state index contributed by atoms with van der Waals surface area (Å²) < 4.78 is 5.79. The van der Waals surface area contributed by atoms with Crippen molar-refractivity contribution in [1.82, 2.24) is 15.5 Å². The second-order valence-corrected chi connectivity index (χ2v) is 7.69. The molecule has 2 N–H and O–H groups in total. The van der Waals surface area contributed by atoms with Crippen LogP contribution in [-0.4, -0.2) is 49.2 Å². The minimum Gasteiger partial charge on any atom is -0.373 e. The molecule has 1 aromatic rings. The van der Waals surface area contributed by atoms with Gasteiger partial charge in [0.25, 0.3) is 0 Å². The topological polar surface area (TPSA) is 53.6 Å². The molecule has 2 heterocycles. The average Bonchev–Trinajstić information content (AvgIpc) is 2.51. The zero-order valence-electron chi connectivity index (χ0n) is 15.6. The zero-order chi connectivity index (χ0) is 17.8. The highest BCUT2D eigenvalue weighted by Gasteiger charge is 2.28. The Bertz CT molecular complexity index is 561. The normalized spacial score (nSPS) is 26.0. The minimum atomic E-state index is 0.0887. The number of amides is 1. The summed E-state index contributed by atoms with van der Waals surface area (Å²) in [6.45, 7) is 11.7. The van der Waals surface area contributed by atoms with Crippen LogP contribution < -0.4 is 10.6 Å². The van der Waals surface area contributed by atoms with Gasteiger partial charge < -0.3 is 15.4 Å². The monoisotopic (exact) mass is 345 g/mol. The van der Waals surface area contributed by atoms with Crippen LogP contribution in [0.15, 0.2) is 24.3 Å². The van der Waals surface area contributed by atoms with E-state index in [4.69, 9.17) is 4.74 Å². The summed E-state index contributed by atoms with van der Waals surface area (Å²) in [5.74, 6) is 0.735. The second kappa shape index (κ2) is 8.30. The molecule has 0 radical (unpaired) electrons. The number of morpholine rings is 1. The summed E-state index contributed by atoms with van der Waals surface area (Å²) in [6.07, 6.45) is 0.595. The van der Waals surface area contributed by atoms with E-state index in [9.17, 15) is 4.79 Å². The van der Waals surface area contributed by atoms with Gasteiger partial charge in [0.15, 0.2) is 0 Å². The molecule has 2 saturated heterocycles. The molecule has 3 atom stereocenters. The Morgan fingerprint density at radius 1 is 1.20 bits per heavy atom. The van der Waals surface area contributed by atoms with Crippen molar-refractivity contribution < 1.29 is 9.53 Å². The lowest BCUT2D eigenvalue weighted by Gasteiger charge is -2.35. The van der Waals surface area contributed by atoms with Crippen LogP contribution in [0, 0.1) is 11.8 Å². The highest BCUT2D eigenvalue weighted by Crippen LogP contribution is 2.17. The van der Waals surface area contributed by atoms with Gasteiger partial charge in [-0.3, -0.25) is 9.69 Å². The van der Waals surface area contributed by atoms with Crippen molar-refractivity contribution in [2.75, 3.05) is 26.2 Å². The smallest absolute Gasteiger partial charge is 0.223 e. The summed E-state index contributed by atoms with van der Waals surface area (Å²) in [7, 11) is 0. The van der Waals surface area contributed by atoms with E-state index in [1.165, 1.54) is 5.56 Å². The van der Waals surface area contributed by atoms with Crippen molar-refractivity contribution in [2.24, 2.45) is 11.8 Å². The molecular weight excluding hydrogens is 314 g/mol. The summed E-state index contributed by atoms with van der Waals surface area (Å²) in [4.78, 5) is 14.6. The van der Waals surface area contributed by atoms with Crippen LogP contribution in [0.1, 0.15) is 31.9 Å². The molecule has 0 saturated carbocycles. The lowest BCUT2D eigenvalue weighted by Crippen LogP contribution is -2.49. The van der Waals surface area contributed by atoms with Gasteiger partial charge in [0.05, 0.1) is 12.2 Å². The van der Waals surface area contributed by atoms with Crippen LogP contribution in [0.25, 0.3) is 0 Å². The van der Waals surface area contributed by atoms with E-state index in [1.807, 2.05) is 6.92 Å². The van der Waals surface area contributed by atoms with E-state index < -0.39 is 0 Å². The predicted molar refractivity (Wildman–Crippen MR) is 99.1 cm³/mol. The van der Waals surface area contributed by atoms with E-state index in [0.29, 0.717) is 24.7 Å². The molecule has 3 unspecified atom stereocenters. The number of hydrogen-bond acceptors (Lipinski definition) is 4. The molecule has 2 aliphatic heterocycles. The van der Waals surface area contributed by atoms with Crippen molar-refractivity contribution in [1.29, 1.82) is 0 Å². The van der Waals surface area contributed by atoms with Gasteiger partial charge in [-0.05, 0) is 44.0 Å². The Morgan fingerprint density at radius 2 is 1.80 bits per heavy atom. The average molecular weight is 345 g/mol. The first-order valence-corrected chi connectivity index (χ1v) is 9.45. The molecule has 5 heteroatoms. The molecular formula is C20H31N3O2. The lowest BCUT2D eigenvalue weighted by molar-refractivity contribution is -0.126. The van der Waals surface area contributed by atoms with Crippen LogP contribution in [0.2, 0.25) is 0 Å². The molecule has 25 heavy (non-hydrogen) atoms. The molecule has 1 amide bonds. The number of rotatable bonds is 6. The lowest BCUT2D eigenvalue weighted by atomic mass is 9.88. The highest BCUT2D eigenvalue weighted by atomic mass is 16.5. The minimum absolute atomic E-state index is 0.0887. The highest BCUT2D eigenvalue weighted by molar-refractivity contribution is 5.78. The summed E-state index contributed by atoms with van der Waals surface area (Å²) >= 11 is 0. The van der Waals surface area contributed by atoms with E-state index in [1.54, 1.807) is 0 Å². The van der Waals surface area contributed by atoms with E-state index >= 15 is 0 Å². The maximum absolute atomic E-state index is 12.2. The second-order valence-electron chi connectivity index (χ2n) is 7.69. The third kappa shape index (κ3) is 5.03. The van der Waals surface area contributed by atoms with Crippen molar-refractivity contribution in [3.63, 3.8) is 0 Å². The van der Waals surface area contributed by atoms with Crippen molar-refractivity contribution in [3.05, 3.63) is 35.4 Å². The largest absolute Gasteiger partial charge is 0.373 e. The maximum atomic E-state index is 12.2. The van der Waals surface area contributed by atoms with Gasteiger partial charge in [-0.2, -0.15) is 0 Å². The maximum Gasteiger partial charge on any atom is 0.223 e. The number of carbonyl (C=O) groups is 1. The SMILES string of the molecule is CC1CN(Cc2ccc(CNC(=O)C(C)C3CNC3)cc2)CC(C)O1. The van der Waals surface area contributed by atoms with Crippen molar-refractivity contribution in [2.45, 2.75) is 46.1 Å². The third-order valence-corrected chi connectivity index (χ3v) is 5.32. The first kappa shape index (κ1) is 18.4.